The van der Waals surface area contributed by atoms with Gasteiger partial charge in [-0.25, -0.2) is 0 Å². The first-order valence-electron chi connectivity index (χ1n) is 3.83. The second-order valence-corrected chi connectivity index (χ2v) is 2.96. The SMILES string of the molecule is FC(F)(F)C1CN2C=CNC2[C]N1. The van der Waals surface area contributed by atoms with E-state index in [4.69, 9.17) is 0 Å². The number of nitrogens with one attached hydrogen (secondary N) is 2. The van der Waals surface area contributed by atoms with E-state index in [-0.39, 0.29) is 12.7 Å². The first kappa shape index (κ1) is 8.68. The van der Waals surface area contributed by atoms with E-state index in [2.05, 4.69) is 17.2 Å². The summed E-state index contributed by atoms with van der Waals surface area (Å²) in [6.45, 7) is 2.44. The Hall–Kier alpha value is -0.910. The Morgan fingerprint density at radius 1 is 1.46 bits per heavy atom. The van der Waals surface area contributed by atoms with Crippen LogP contribution >= 0.6 is 0 Å². The summed E-state index contributed by atoms with van der Waals surface area (Å²) in [7, 11) is 0. The molecule has 3 nitrogen and oxygen atoms in total. The van der Waals surface area contributed by atoms with Crippen LogP contribution in [0.25, 0.3) is 0 Å². The molecule has 2 aliphatic heterocycles. The quantitative estimate of drug-likeness (QED) is 0.575. The van der Waals surface area contributed by atoms with Gasteiger partial charge in [0.1, 0.15) is 18.8 Å². The van der Waals surface area contributed by atoms with Crippen LogP contribution in [0.4, 0.5) is 13.2 Å². The molecule has 0 aromatic heterocycles. The second-order valence-electron chi connectivity index (χ2n) is 2.96. The van der Waals surface area contributed by atoms with E-state index < -0.39 is 12.2 Å². The van der Waals surface area contributed by atoms with Gasteiger partial charge in [0.25, 0.3) is 0 Å². The molecular formula is C7H8F3N3. The molecule has 0 aliphatic carbocycles. The van der Waals surface area contributed by atoms with E-state index in [1.165, 1.54) is 0 Å². The maximum atomic E-state index is 12.2. The molecule has 2 unspecified atom stereocenters. The lowest BCUT2D eigenvalue weighted by molar-refractivity contribution is -0.162. The maximum absolute atomic E-state index is 12.2. The number of hydrogen-bond donors (Lipinski definition) is 2. The van der Waals surface area contributed by atoms with Crippen molar-refractivity contribution in [2.45, 2.75) is 18.4 Å². The number of rotatable bonds is 0. The standard InChI is InChI=1S/C7H8F3N3/c8-7(9,10)5-4-13-2-1-11-6(13)3-12-5/h1-2,5-6,11-12H,4H2. The van der Waals surface area contributed by atoms with Crippen molar-refractivity contribution in [1.82, 2.24) is 15.5 Å². The van der Waals surface area contributed by atoms with Gasteiger partial charge in [0.15, 0.2) is 0 Å². The van der Waals surface area contributed by atoms with Gasteiger partial charge >= 0.3 is 6.18 Å². The van der Waals surface area contributed by atoms with Crippen molar-refractivity contribution in [2.24, 2.45) is 0 Å². The van der Waals surface area contributed by atoms with Crippen molar-refractivity contribution in [3.63, 3.8) is 0 Å². The minimum atomic E-state index is -4.21. The van der Waals surface area contributed by atoms with Crippen LogP contribution in [-0.4, -0.2) is 29.8 Å². The first-order chi connectivity index (χ1) is 6.07. The van der Waals surface area contributed by atoms with Crippen molar-refractivity contribution < 1.29 is 13.2 Å². The highest BCUT2D eigenvalue weighted by atomic mass is 19.4. The Labute approximate surface area is 73.6 Å². The molecule has 2 radical (unpaired) electrons. The maximum Gasteiger partial charge on any atom is 0.405 e. The summed E-state index contributed by atoms with van der Waals surface area (Å²) in [6, 6.07) is -1.52. The zero-order valence-electron chi connectivity index (χ0n) is 6.60. The molecule has 2 N–H and O–H groups in total. The number of hydrogen-bond acceptors (Lipinski definition) is 3. The number of alkyl halides is 3. The zero-order chi connectivity index (χ0) is 9.47. The monoisotopic (exact) mass is 191 g/mol. The van der Waals surface area contributed by atoms with Crippen LogP contribution < -0.4 is 10.6 Å². The molecule has 6 heteroatoms. The normalized spacial score (nSPS) is 33.0. The molecule has 13 heavy (non-hydrogen) atoms. The van der Waals surface area contributed by atoms with Gasteiger partial charge in [-0.3, -0.25) is 5.32 Å². The molecule has 2 rings (SSSR count). The Kier molecular flexibility index (Phi) is 1.87. The highest BCUT2D eigenvalue weighted by molar-refractivity contribution is 5.05. The summed E-state index contributed by atoms with van der Waals surface area (Å²) in [5, 5.41) is 5.05. The molecule has 0 spiro atoms. The van der Waals surface area contributed by atoms with E-state index in [1.54, 1.807) is 17.3 Å². The van der Waals surface area contributed by atoms with Crippen LogP contribution in [0, 0.1) is 6.54 Å². The van der Waals surface area contributed by atoms with Gasteiger partial charge in [-0.15, -0.1) is 0 Å². The number of halogens is 3. The third-order valence-electron chi connectivity index (χ3n) is 2.03. The highest BCUT2D eigenvalue weighted by Gasteiger charge is 2.44. The molecule has 2 aliphatic rings. The molecule has 0 amide bonds. The summed E-state index contributed by atoms with van der Waals surface area (Å²) in [5.74, 6) is 0. The second kappa shape index (κ2) is 2.80. The Morgan fingerprint density at radius 2 is 2.23 bits per heavy atom. The first-order valence-corrected chi connectivity index (χ1v) is 3.83. The lowest BCUT2D eigenvalue weighted by Gasteiger charge is -2.36. The number of piperazine rings is 1. The average Bonchev–Trinajstić information content (AvgIpc) is 2.47. The van der Waals surface area contributed by atoms with Crippen LogP contribution in [0.5, 0.6) is 0 Å². The van der Waals surface area contributed by atoms with Crippen molar-refractivity contribution in [1.29, 1.82) is 0 Å². The summed E-state index contributed by atoms with van der Waals surface area (Å²) >= 11 is 0. The van der Waals surface area contributed by atoms with Crippen LogP contribution in [0.1, 0.15) is 0 Å². The van der Waals surface area contributed by atoms with Gasteiger partial charge < -0.3 is 10.2 Å². The third-order valence-corrected chi connectivity index (χ3v) is 2.03. The minimum Gasteiger partial charge on any atom is -0.368 e. The lowest BCUT2D eigenvalue weighted by Crippen LogP contribution is -2.58. The fraction of sp³-hybridized carbons (Fsp3) is 0.571. The van der Waals surface area contributed by atoms with E-state index in [1.807, 2.05) is 0 Å². The number of fused-ring (bicyclic) bond motifs is 1. The Balaban J connectivity index is 2.01. The molecule has 0 aromatic carbocycles. The molecule has 2 atom stereocenters. The molecule has 0 saturated carbocycles. The van der Waals surface area contributed by atoms with E-state index in [0.717, 1.165) is 0 Å². The summed E-state index contributed by atoms with van der Waals surface area (Å²) in [4.78, 5) is 1.55. The van der Waals surface area contributed by atoms with Crippen LogP contribution in [0.3, 0.4) is 0 Å². The largest absolute Gasteiger partial charge is 0.405 e. The Bertz CT molecular complexity index is 226. The molecule has 1 fully saturated rings. The van der Waals surface area contributed by atoms with Gasteiger partial charge in [0, 0.05) is 18.9 Å². The van der Waals surface area contributed by atoms with E-state index >= 15 is 0 Å². The molecule has 2 heterocycles. The van der Waals surface area contributed by atoms with Gasteiger partial charge in [-0.2, -0.15) is 13.2 Å². The molecule has 1 saturated heterocycles. The smallest absolute Gasteiger partial charge is 0.368 e. The van der Waals surface area contributed by atoms with E-state index in [0.29, 0.717) is 0 Å². The highest BCUT2D eigenvalue weighted by Crippen LogP contribution is 2.25. The van der Waals surface area contributed by atoms with Crippen LogP contribution in [-0.2, 0) is 0 Å². The predicted octanol–water partition coefficient (Wildman–Crippen LogP) is 0.262. The lowest BCUT2D eigenvalue weighted by atomic mass is 10.2. The molecule has 0 bridgehead atoms. The van der Waals surface area contributed by atoms with Crippen LogP contribution in [0.15, 0.2) is 12.4 Å². The van der Waals surface area contributed by atoms with Crippen molar-refractivity contribution >= 4 is 0 Å². The predicted molar refractivity (Wildman–Crippen MR) is 39.0 cm³/mol. The van der Waals surface area contributed by atoms with Gasteiger partial charge in [-0.05, 0) is 0 Å². The third kappa shape index (κ3) is 1.58. The van der Waals surface area contributed by atoms with Crippen molar-refractivity contribution in [3.05, 3.63) is 18.9 Å². The summed E-state index contributed by atoms with van der Waals surface area (Å²) in [5.41, 5.74) is 0. The summed E-state index contributed by atoms with van der Waals surface area (Å²) in [6.07, 6.45) is -1.28. The van der Waals surface area contributed by atoms with E-state index in [9.17, 15) is 13.2 Å². The Morgan fingerprint density at radius 3 is 2.92 bits per heavy atom. The number of nitrogens with zero attached hydrogens (tertiary/aromatic N) is 1. The molecule has 72 valence electrons. The average molecular weight is 191 g/mol. The van der Waals surface area contributed by atoms with Gasteiger partial charge in [-0.1, -0.05) is 0 Å². The topological polar surface area (TPSA) is 27.3 Å². The summed E-state index contributed by atoms with van der Waals surface area (Å²) < 4.78 is 36.7. The zero-order valence-corrected chi connectivity index (χ0v) is 6.60. The van der Waals surface area contributed by atoms with Gasteiger partial charge in [0.05, 0.1) is 0 Å². The fourth-order valence-corrected chi connectivity index (χ4v) is 1.32. The molecular weight excluding hydrogens is 183 g/mol. The molecule has 0 aromatic rings. The fourth-order valence-electron chi connectivity index (χ4n) is 1.32. The minimum absolute atomic E-state index is 0.0787. The van der Waals surface area contributed by atoms with Crippen LogP contribution in [0.2, 0.25) is 0 Å². The van der Waals surface area contributed by atoms with Crippen molar-refractivity contribution in [3.8, 4) is 0 Å². The van der Waals surface area contributed by atoms with Crippen molar-refractivity contribution in [2.75, 3.05) is 6.54 Å². The van der Waals surface area contributed by atoms with Gasteiger partial charge in [0.2, 0.25) is 0 Å².